The number of rotatable bonds is 4. The third-order valence-corrected chi connectivity index (χ3v) is 10.5. The molecule has 4 rings (SSSR count). The number of carbonyl (C=O) groups is 2. The molecule has 0 radical (unpaired) electrons. The normalized spacial score (nSPS) is 22.8. The van der Waals surface area contributed by atoms with E-state index in [0.717, 1.165) is 5.56 Å². The molecule has 0 N–H and O–H groups in total. The summed E-state index contributed by atoms with van der Waals surface area (Å²) in [6, 6.07) is 8.94. The average Bonchev–Trinajstić information content (AvgIpc) is 3.03. The van der Waals surface area contributed by atoms with Gasteiger partial charge in [-0.05, 0) is 56.0 Å². The van der Waals surface area contributed by atoms with Crippen molar-refractivity contribution >= 4 is 42.8 Å². The topological polar surface area (TPSA) is 102 Å². The maximum absolute atomic E-state index is 13.4. The standard InChI is InChI=1S/C22H21ClO6S2/c1-13-5-7-14(8-6-13)31(28,29)19-4-2-3-17(24)20(19)22(25)16-9-10-18-15(21(16)23)11-12-30(18,26)27/h5-10,19-20H,2-4,11-12H2,1H3. The highest BCUT2D eigenvalue weighted by Gasteiger charge is 2.46. The minimum Gasteiger partial charge on any atom is -0.299 e. The van der Waals surface area contributed by atoms with Gasteiger partial charge in [0.25, 0.3) is 0 Å². The van der Waals surface area contributed by atoms with Crippen molar-refractivity contribution in [3.05, 3.63) is 58.1 Å². The first-order valence-corrected chi connectivity index (χ1v) is 13.5. The van der Waals surface area contributed by atoms with Gasteiger partial charge in [0, 0.05) is 12.0 Å². The van der Waals surface area contributed by atoms with Crippen LogP contribution in [0.3, 0.4) is 0 Å². The molecule has 1 fully saturated rings. The number of sulfone groups is 2. The van der Waals surface area contributed by atoms with Crippen LogP contribution in [0.1, 0.15) is 40.7 Å². The van der Waals surface area contributed by atoms with E-state index in [4.69, 9.17) is 11.6 Å². The van der Waals surface area contributed by atoms with E-state index in [1.807, 2.05) is 6.92 Å². The molecule has 2 aliphatic rings. The Morgan fingerprint density at radius 2 is 1.74 bits per heavy atom. The van der Waals surface area contributed by atoms with E-state index >= 15 is 0 Å². The lowest BCUT2D eigenvalue weighted by atomic mass is 9.82. The van der Waals surface area contributed by atoms with Crippen LogP contribution in [0.4, 0.5) is 0 Å². The van der Waals surface area contributed by atoms with Crippen LogP contribution in [0.5, 0.6) is 0 Å². The van der Waals surface area contributed by atoms with Gasteiger partial charge in [-0.25, -0.2) is 16.8 Å². The fourth-order valence-electron chi connectivity index (χ4n) is 4.39. The molecule has 0 saturated heterocycles. The summed E-state index contributed by atoms with van der Waals surface area (Å²) in [6.07, 6.45) is 0.873. The van der Waals surface area contributed by atoms with Gasteiger partial charge in [0.05, 0.1) is 31.7 Å². The zero-order valence-corrected chi connectivity index (χ0v) is 19.2. The van der Waals surface area contributed by atoms with Gasteiger partial charge in [-0.3, -0.25) is 9.59 Å². The summed E-state index contributed by atoms with van der Waals surface area (Å²) in [6.45, 7) is 1.84. The summed E-state index contributed by atoms with van der Waals surface area (Å²) < 4.78 is 50.9. The Labute approximate surface area is 186 Å². The molecule has 2 unspecified atom stereocenters. The van der Waals surface area contributed by atoms with Gasteiger partial charge in [0.1, 0.15) is 5.78 Å². The van der Waals surface area contributed by atoms with Crippen LogP contribution in [0, 0.1) is 12.8 Å². The number of ketones is 2. The zero-order chi connectivity index (χ0) is 22.6. The summed E-state index contributed by atoms with van der Waals surface area (Å²) in [5.74, 6) is -2.55. The minimum atomic E-state index is -3.94. The third-order valence-electron chi connectivity index (χ3n) is 6.08. The third kappa shape index (κ3) is 3.75. The first-order chi connectivity index (χ1) is 14.5. The number of hydrogen-bond acceptors (Lipinski definition) is 6. The number of carbonyl (C=O) groups excluding carboxylic acids is 2. The molecule has 164 valence electrons. The molecule has 1 aliphatic carbocycles. The average molecular weight is 481 g/mol. The second-order valence-corrected chi connectivity index (χ2v) is 12.7. The van der Waals surface area contributed by atoms with Crippen LogP contribution in [0.2, 0.25) is 5.02 Å². The van der Waals surface area contributed by atoms with Gasteiger partial charge in [0.2, 0.25) is 0 Å². The van der Waals surface area contributed by atoms with E-state index in [-0.39, 0.29) is 45.4 Å². The van der Waals surface area contributed by atoms with E-state index in [2.05, 4.69) is 0 Å². The second kappa shape index (κ2) is 7.83. The summed E-state index contributed by atoms with van der Waals surface area (Å²) in [5, 5.41) is -1.19. The van der Waals surface area contributed by atoms with Crippen LogP contribution < -0.4 is 0 Å². The van der Waals surface area contributed by atoms with Crippen molar-refractivity contribution in [2.24, 2.45) is 5.92 Å². The maximum Gasteiger partial charge on any atom is 0.182 e. The Balaban J connectivity index is 1.77. The van der Waals surface area contributed by atoms with Crippen LogP contribution >= 0.6 is 11.6 Å². The van der Waals surface area contributed by atoms with Crippen LogP contribution in [-0.2, 0) is 30.9 Å². The first kappa shape index (κ1) is 22.2. The molecule has 0 spiro atoms. The number of benzene rings is 2. The predicted molar refractivity (Wildman–Crippen MR) is 116 cm³/mol. The summed E-state index contributed by atoms with van der Waals surface area (Å²) >= 11 is 6.39. The zero-order valence-electron chi connectivity index (χ0n) is 16.8. The number of aryl methyl sites for hydroxylation is 1. The van der Waals surface area contributed by atoms with Gasteiger partial charge in [-0.15, -0.1) is 0 Å². The van der Waals surface area contributed by atoms with E-state index in [1.54, 1.807) is 12.1 Å². The lowest BCUT2D eigenvalue weighted by Gasteiger charge is -2.29. The smallest absolute Gasteiger partial charge is 0.182 e. The van der Waals surface area contributed by atoms with Gasteiger partial charge >= 0.3 is 0 Å². The molecule has 0 amide bonds. The molecule has 2 atom stereocenters. The van der Waals surface area contributed by atoms with Crippen molar-refractivity contribution in [3.8, 4) is 0 Å². The van der Waals surface area contributed by atoms with Crippen LogP contribution in [-0.4, -0.2) is 39.4 Å². The Bertz CT molecular complexity index is 1290. The maximum atomic E-state index is 13.4. The van der Waals surface area contributed by atoms with Gasteiger partial charge in [-0.2, -0.15) is 0 Å². The monoisotopic (exact) mass is 480 g/mol. The van der Waals surface area contributed by atoms with Crippen LogP contribution in [0.25, 0.3) is 0 Å². The molecule has 0 aromatic heterocycles. The van der Waals surface area contributed by atoms with Crippen molar-refractivity contribution in [1.82, 2.24) is 0 Å². The van der Waals surface area contributed by atoms with Gasteiger partial charge in [0.15, 0.2) is 25.5 Å². The fraction of sp³-hybridized carbons (Fsp3) is 0.364. The summed E-state index contributed by atoms with van der Waals surface area (Å²) in [4.78, 5) is 26.4. The molecule has 2 aromatic rings. The molecule has 0 bridgehead atoms. The number of hydrogen-bond donors (Lipinski definition) is 0. The molecule has 9 heteroatoms. The van der Waals surface area contributed by atoms with Crippen molar-refractivity contribution in [3.63, 3.8) is 0 Å². The Kier molecular flexibility index (Phi) is 5.60. The number of fused-ring (bicyclic) bond motifs is 1. The highest BCUT2D eigenvalue weighted by Crippen LogP contribution is 2.38. The molecular weight excluding hydrogens is 460 g/mol. The lowest BCUT2D eigenvalue weighted by Crippen LogP contribution is -2.43. The van der Waals surface area contributed by atoms with E-state index < -0.39 is 42.4 Å². The van der Waals surface area contributed by atoms with Crippen molar-refractivity contribution in [2.75, 3.05) is 5.75 Å². The summed E-state index contributed by atoms with van der Waals surface area (Å²) in [7, 11) is -7.38. The fourth-order valence-corrected chi connectivity index (χ4v) is 8.32. The molecule has 31 heavy (non-hydrogen) atoms. The van der Waals surface area contributed by atoms with Gasteiger partial charge < -0.3 is 0 Å². The van der Waals surface area contributed by atoms with Gasteiger partial charge in [-0.1, -0.05) is 29.3 Å². The van der Waals surface area contributed by atoms with Crippen molar-refractivity contribution < 1.29 is 26.4 Å². The largest absolute Gasteiger partial charge is 0.299 e. The van der Waals surface area contributed by atoms with Crippen molar-refractivity contribution in [1.29, 1.82) is 0 Å². The minimum absolute atomic E-state index is 0.00173. The first-order valence-electron chi connectivity index (χ1n) is 9.95. The predicted octanol–water partition coefficient (Wildman–Crippen LogP) is 3.37. The van der Waals surface area contributed by atoms with E-state index in [9.17, 15) is 26.4 Å². The Hall–Kier alpha value is -2.03. The number of halogens is 1. The highest BCUT2D eigenvalue weighted by molar-refractivity contribution is 7.92. The van der Waals surface area contributed by atoms with E-state index in [0.29, 0.717) is 12.0 Å². The molecule has 1 aliphatic heterocycles. The Morgan fingerprint density at radius 3 is 2.42 bits per heavy atom. The highest BCUT2D eigenvalue weighted by atomic mass is 35.5. The molecule has 1 saturated carbocycles. The molecular formula is C22H21ClO6S2. The lowest BCUT2D eigenvalue weighted by molar-refractivity contribution is -0.122. The SMILES string of the molecule is Cc1ccc(S(=O)(=O)C2CCCC(=O)C2C(=O)c2ccc3c(c2Cl)CCS3(=O)=O)cc1. The summed E-state index contributed by atoms with van der Waals surface area (Å²) in [5.41, 5.74) is 1.25. The second-order valence-electron chi connectivity index (χ2n) is 8.07. The van der Waals surface area contributed by atoms with E-state index in [1.165, 1.54) is 24.3 Å². The quantitative estimate of drug-likeness (QED) is 0.491. The molecule has 1 heterocycles. The number of Topliss-reactive ketones (excluding diaryl/α,β-unsaturated/α-hetero) is 2. The molecule has 6 nitrogen and oxygen atoms in total. The van der Waals surface area contributed by atoms with Crippen LogP contribution in [0.15, 0.2) is 46.2 Å². The molecule has 2 aromatic carbocycles. The Morgan fingerprint density at radius 1 is 1.06 bits per heavy atom. The van der Waals surface area contributed by atoms with Crippen molar-refractivity contribution in [2.45, 2.75) is 47.6 Å².